The second-order valence-electron chi connectivity index (χ2n) is 19.7. The zero-order chi connectivity index (χ0) is 61.5. The van der Waals surface area contributed by atoms with Gasteiger partial charge < -0.3 is 33.7 Å². The van der Waals surface area contributed by atoms with Gasteiger partial charge in [-0.2, -0.15) is 52.7 Å². The second-order valence-corrected chi connectivity index (χ2v) is 19.7. The molecule has 0 aromatic heterocycles. The van der Waals surface area contributed by atoms with Gasteiger partial charge in [0, 0.05) is 12.6 Å². The highest BCUT2D eigenvalue weighted by molar-refractivity contribution is 5.72. The SMILES string of the molecule is C[C@@H](OC[C@@](/C=C\CC1OCCCO1)(NC(=O)OCc1ccccc1)c1ccccc1)c1cc(C(F)(F)F)cc(C(F)(F)F)c1.C[C@@H](OC[C@@]1(c2ccccc2)C=CC=CN1C(=O)OCc1ccccc1)c1cc(C(F)(F)F)cc(C(F)(F)F)c1. The highest BCUT2D eigenvalue weighted by Gasteiger charge is 2.43. The van der Waals surface area contributed by atoms with E-state index in [4.69, 9.17) is 28.4 Å². The lowest BCUT2D eigenvalue weighted by atomic mass is 9.87. The van der Waals surface area contributed by atoms with Crippen LogP contribution in [0.2, 0.25) is 0 Å². The maximum atomic E-state index is 13.5. The Morgan fingerprint density at radius 1 is 0.588 bits per heavy atom. The van der Waals surface area contributed by atoms with Crippen molar-refractivity contribution >= 4 is 12.2 Å². The Labute approximate surface area is 482 Å². The van der Waals surface area contributed by atoms with E-state index >= 15 is 0 Å². The molecule has 2 heterocycles. The summed E-state index contributed by atoms with van der Waals surface area (Å²) in [5.41, 5.74) is -6.55. The van der Waals surface area contributed by atoms with E-state index in [-0.39, 0.29) is 49.7 Å². The molecule has 22 heteroatoms. The summed E-state index contributed by atoms with van der Waals surface area (Å²) in [6.07, 6.45) is -13.7. The van der Waals surface area contributed by atoms with Gasteiger partial charge in [0.05, 0.1) is 60.9 Å². The summed E-state index contributed by atoms with van der Waals surface area (Å²) in [6.45, 7) is 3.00. The molecule has 1 saturated heterocycles. The van der Waals surface area contributed by atoms with E-state index in [9.17, 15) is 62.3 Å². The molecule has 0 spiro atoms. The van der Waals surface area contributed by atoms with Crippen LogP contribution in [-0.2, 0) is 77.4 Å². The lowest BCUT2D eigenvalue weighted by Gasteiger charge is -2.41. The summed E-state index contributed by atoms with van der Waals surface area (Å²) >= 11 is 0. The Morgan fingerprint density at radius 3 is 1.52 bits per heavy atom. The summed E-state index contributed by atoms with van der Waals surface area (Å²) < 4.78 is 196. The van der Waals surface area contributed by atoms with Crippen LogP contribution in [0.15, 0.2) is 194 Å². The summed E-state index contributed by atoms with van der Waals surface area (Å²) in [4.78, 5) is 27.8. The third-order valence-electron chi connectivity index (χ3n) is 13.6. The molecule has 10 nitrogen and oxygen atoms in total. The minimum Gasteiger partial charge on any atom is -0.445 e. The molecule has 452 valence electrons. The van der Waals surface area contributed by atoms with Gasteiger partial charge in [0.15, 0.2) is 6.29 Å². The molecule has 6 aromatic rings. The molecule has 1 N–H and O–H groups in total. The minimum atomic E-state index is -5.01. The van der Waals surface area contributed by atoms with E-state index in [0.717, 1.165) is 17.5 Å². The van der Waals surface area contributed by atoms with Crippen LogP contribution in [0, 0.1) is 0 Å². The van der Waals surface area contributed by atoms with Crippen molar-refractivity contribution in [2.24, 2.45) is 0 Å². The van der Waals surface area contributed by atoms with Gasteiger partial charge in [-0.3, -0.25) is 4.90 Å². The molecule has 2 amide bonds. The summed E-state index contributed by atoms with van der Waals surface area (Å²) in [5.74, 6) is 0. The first-order chi connectivity index (χ1) is 40.3. The Morgan fingerprint density at radius 2 is 1.04 bits per heavy atom. The summed E-state index contributed by atoms with van der Waals surface area (Å²) in [7, 11) is 0. The van der Waals surface area contributed by atoms with E-state index in [0.29, 0.717) is 55.0 Å². The summed E-state index contributed by atoms with van der Waals surface area (Å²) in [5, 5.41) is 2.82. The molecule has 2 aliphatic heterocycles. The molecule has 2 aliphatic rings. The third-order valence-corrected chi connectivity index (χ3v) is 13.6. The number of carbonyl (C=O) groups is 2. The Hall–Kier alpha value is -7.92. The number of rotatable bonds is 18. The molecule has 85 heavy (non-hydrogen) atoms. The predicted molar refractivity (Wildman–Crippen MR) is 288 cm³/mol. The first-order valence-electron chi connectivity index (χ1n) is 26.4. The number of amides is 2. The van der Waals surface area contributed by atoms with Gasteiger partial charge >= 0.3 is 36.9 Å². The van der Waals surface area contributed by atoms with Crippen LogP contribution in [0.3, 0.4) is 0 Å². The molecule has 8 rings (SSSR count). The van der Waals surface area contributed by atoms with Crippen LogP contribution in [0.25, 0.3) is 0 Å². The monoisotopic (exact) mass is 1200 g/mol. The van der Waals surface area contributed by atoms with Gasteiger partial charge in [-0.15, -0.1) is 0 Å². The van der Waals surface area contributed by atoms with Crippen molar-refractivity contribution in [2.75, 3.05) is 26.4 Å². The van der Waals surface area contributed by atoms with Crippen molar-refractivity contribution in [1.29, 1.82) is 0 Å². The van der Waals surface area contributed by atoms with Gasteiger partial charge in [0.2, 0.25) is 0 Å². The predicted octanol–water partition coefficient (Wildman–Crippen LogP) is 16.8. The van der Waals surface area contributed by atoms with Crippen molar-refractivity contribution in [2.45, 2.75) is 94.2 Å². The van der Waals surface area contributed by atoms with Gasteiger partial charge in [0.25, 0.3) is 0 Å². The van der Waals surface area contributed by atoms with Crippen molar-refractivity contribution in [3.8, 4) is 0 Å². The number of carbonyl (C=O) groups excluding carboxylic acids is 2. The lowest BCUT2D eigenvalue weighted by Crippen LogP contribution is -2.49. The van der Waals surface area contributed by atoms with E-state index in [1.807, 2.05) is 12.1 Å². The van der Waals surface area contributed by atoms with Crippen molar-refractivity contribution in [3.05, 3.63) is 250 Å². The van der Waals surface area contributed by atoms with Crippen LogP contribution < -0.4 is 5.32 Å². The largest absolute Gasteiger partial charge is 0.445 e. The normalized spacial score (nSPS) is 17.3. The molecule has 0 bridgehead atoms. The molecule has 0 radical (unpaired) electrons. The summed E-state index contributed by atoms with van der Waals surface area (Å²) in [6, 6.07) is 37.9. The Balaban J connectivity index is 0.000000245. The van der Waals surface area contributed by atoms with Crippen LogP contribution in [0.4, 0.5) is 62.3 Å². The average molecular weight is 1200 g/mol. The van der Waals surface area contributed by atoms with Crippen molar-refractivity contribution < 1.29 is 90.7 Å². The van der Waals surface area contributed by atoms with Gasteiger partial charge in [-0.05, 0) is 96.1 Å². The van der Waals surface area contributed by atoms with Crippen LogP contribution in [0.1, 0.15) is 94.5 Å². The topological polar surface area (TPSA) is 105 Å². The number of hydrogen-bond acceptors (Lipinski definition) is 8. The van der Waals surface area contributed by atoms with E-state index in [1.54, 1.807) is 140 Å². The lowest BCUT2D eigenvalue weighted by molar-refractivity contribution is -0.175. The van der Waals surface area contributed by atoms with Gasteiger partial charge in [-0.1, -0.05) is 146 Å². The van der Waals surface area contributed by atoms with Gasteiger partial charge in [-0.25, -0.2) is 9.59 Å². The molecule has 6 aromatic carbocycles. The highest BCUT2D eigenvalue weighted by atomic mass is 19.4. The van der Waals surface area contributed by atoms with E-state index in [2.05, 4.69) is 5.32 Å². The fourth-order valence-electron chi connectivity index (χ4n) is 8.98. The number of halogens is 12. The first-order valence-corrected chi connectivity index (χ1v) is 26.4. The minimum absolute atomic E-state index is 0.0136. The number of nitrogens with zero attached hydrogens (tertiary/aromatic N) is 1. The highest BCUT2D eigenvalue weighted by Crippen LogP contribution is 2.42. The quantitative estimate of drug-likeness (QED) is 0.0670. The smallest absolute Gasteiger partial charge is 0.416 e. The van der Waals surface area contributed by atoms with Crippen LogP contribution in [0.5, 0.6) is 0 Å². The van der Waals surface area contributed by atoms with Crippen LogP contribution >= 0.6 is 0 Å². The number of alkyl carbamates (subject to hydrolysis) is 1. The van der Waals surface area contributed by atoms with E-state index in [1.165, 1.54) is 24.9 Å². The molecular weight excluding hydrogens is 1140 g/mol. The maximum Gasteiger partial charge on any atom is 0.416 e. The Bertz CT molecular complexity index is 3140. The number of alkyl halides is 12. The fraction of sp³-hybridized carbons (Fsp3) is 0.302. The zero-order valence-corrected chi connectivity index (χ0v) is 45.6. The standard InChI is InChI=1S/C33H33F6NO5.C30H25F6NO3/c1-23(25-18-27(32(34,35)36)20-28(19-25)33(37,38)39)45-22-31(26-12-6-3-7-13-26,15-8-14-29-42-16-9-17-43-29)40-30(41)44-21-24-10-4-2-5-11-24;1-21(23-16-25(29(31,32)33)18-26(17-23)30(34,35)36)40-20-28(24-12-6-3-7-13-24)14-8-9-15-37(28)27(38)39-19-22-10-4-2-5-11-22/h2-8,10-13,15,18-20,23,29H,9,14,16-17,21-22H2,1H3,(H,40,41);2-18,21H,19-20H2,1H3/b15-8-;/t23-,31-;21-,28-/m11/s1. The Kier molecular flexibility index (Phi) is 21.5. The molecule has 0 aliphatic carbocycles. The number of hydrogen-bond donors (Lipinski definition) is 1. The van der Waals surface area contributed by atoms with Crippen molar-refractivity contribution in [1.82, 2.24) is 10.2 Å². The number of nitrogens with one attached hydrogen (secondary N) is 1. The maximum absolute atomic E-state index is 13.5. The van der Waals surface area contributed by atoms with E-state index < -0.39 is 88.7 Å². The second kappa shape index (κ2) is 28.3. The number of benzene rings is 6. The number of allylic oxidation sites excluding steroid dienone is 2. The first kappa shape index (κ1) is 64.6. The average Bonchev–Trinajstić information content (AvgIpc) is 2.07. The van der Waals surface area contributed by atoms with Gasteiger partial charge in [0.1, 0.15) is 24.3 Å². The molecule has 1 fully saturated rings. The molecule has 0 saturated carbocycles. The van der Waals surface area contributed by atoms with Crippen molar-refractivity contribution in [3.63, 3.8) is 0 Å². The van der Waals surface area contributed by atoms with Crippen LogP contribution in [-0.4, -0.2) is 49.8 Å². The molecule has 0 unspecified atom stereocenters. The molecule has 4 atom stereocenters. The fourth-order valence-corrected chi connectivity index (χ4v) is 8.98. The third kappa shape index (κ3) is 18.1. The number of ether oxygens (including phenoxy) is 6. The zero-order valence-electron chi connectivity index (χ0n) is 45.6. The molecular formula is C63H58F12N2O8.